The summed E-state index contributed by atoms with van der Waals surface area (Å²) in [6.07, 6.45) is 0. The van der Waals surface area contributed by atoms with Crippen LogP contribution in [0.3, 0.4) is 0 Å². The van der Waals surface area contributed by atoms with Crippen LogP contribution in [0, 0.1) is 0 Å². The molecule has 1 heterocycles. The van der Waals surface area contributed by atoms with Gasteiger partial charge in [0.1, 0.15) is 5.01 Å². The Bertz CT molecular complexity index is 667. The van der Waals surface area contributed by atoms with Gasteiger partial charge in [0, 0.05) is 38.1 Å². The molecular weight excluding hydrogens is 306 g/mol. The summed E-state index contributed by atoms with van der Waals surface area (Å²) in [5, 5.41) is 6.09. The first-order valence-corrected chi connectivity index (χ1v) is 9.08. The molecule has 0 saturated heterocycles. The summed E-state index contributed by atoms with van der Waals surface area (Å²) in [5.41, 5.74) is 2.05. The van der Waals surface area contributed by atoms with Crippen LogP contribution in [-0.4, -0.2) is 44.1 Å². The molecule has 1 aromatic carbocycles. The van der Waals surface area contributed by atoms with Crippen molar-refractivity contribution in [2.24, 2.45) is 0 Å². The van der Waals surface area contributed by atoms with Crippen LogP contribution in [0.25, 0.3) is 11.3 Å². The van der Waals surface area contributed by atoms with E-state index in [-0.39, 0.29) is 5.75 Å². The zero-order valence-electron chi connectivity index (χ0n) is 12.1. The summed E-state index contributed by atoms with van der Waals surface area (Å²) >= 11 is 1.58. The van der Waals surface area contributed by atoms with Crippen molar-refractivity contribution in [1.82, 2.24) is 14.6 Å². The lowest BCUT2D eigenvalue weighted by Gasteiger charge is -2.10. The number of thiazole rings is 1. The smallest absolute Gasteiger partial charge is 0.214 e. The van der Waals surface area contributed by atoms with E-state index in [1.807, 2.05) is 35.7 Å². The molecule has 1 N–H and O–H groups in total. The molecule has 0 unspecified atom stereocenters. The molecule has 0 atom stereocenters. The molecule has 21 heavy (non-hydrogen) atoms. The largest absolute Gasteiger partial charge is 0.309 e. The van der Waals surface area contributed by atoms with E-state index in [1.54, 1.807) is 25.4 Å². The molecule has 0 bridgehead atoms. The molecular formula is C14H19N3O2S2. The summed E-state index contributed by atoms with van der Waals surface area (Å²) in [4.78, 5) is 4.55. The van der Waals surface area contributed by atoms with E-state index in [0.29, 0.717) is 13.1 Å². The zero-order chi connectivity index (χ0) is 15.3. The first kappa shape index (κ1) is 16.1. The van der Waals surface area contributed by atoms with E-state index in [1.165, 1.54) is 4.31 Å². The van der Waals surface area contributed by atoms with E-state index in [9.17, 15) is 8.42 Å². The number of aromatic nitrogens is 1. The van der Waals surface area contributed by atoms with Crippen LogP contribution in [-0.2, 0) is 16.6 Å². The Morgan fingerprint density at radius 2 is 1.95 bits per heavy atom. The standard InChI is InChI=1S/C14H19N3O2S2/c1-17(2)21(18,19)9-8-15-10-14-16-13(11-20-14)12-6-4-3-5-7-12/h3-7,11,15H,8-10H2,1-2H3. The van der Waals surface area contributed by atoms with Gasteiger partial charge in [0.25, 0.3) is 0 Å². The van der Waals surface area contributed by atoms with Crippen molar-refractivity contribution in [3.05, 3.63) is 40.7 Å². The lowest BCUT2D eigenvalue weighted by molar-refractivity contribution is 0.517. The van der Waals surface area contributed by atoms with E-state index in [2.05, 4.69) is 10.3 Å². The van der Waals surface area contributed by atoms with Crippen LogP contribution in [0.1, 0.15) is 5.01 Å². The van der Waals surface area contributed by atoms with Gasteiger partial charge in [-0.1, -0.05) is 30.3 Å². The molecule has 2 aromatic rings. The third-order valence-corrected chi connectivity index (χ3v) is 5.67. The van der Waals surface area contributed by atoms with Crippen molar-refractivity contribution >= 4 is 21.4 Å². The molecule has 0 aliphatic rings. The number of sulfonamides is 1. The minimum atomic E-state index is -3.14. The van der Waals surface area contributed by atoms with Gasteiger partial charge in [-0.25, -0.2) is 17.7 Å². The second-order valence-corrected chi connectivity index (χ2v) is 8.01. The normalized spacial score (nSPS) is 12.0. The highest BCUT2D eigenvalue weighted by molar-refractivity contribution is 7.89. The highest BCUT2D eigenvalue weighted by Crippen LogP contribution is 2.21. The number of benzene rings is 1. The predicted octanol–water partition coefficient (Wildman–Crippen LogP) is 1.79. The highest BCUT2D eigenvalue weighted by atomic mass is 32.2. The van der Waals surface area contributed by atoms with Gasteiger partial charge in [0.15, 0.2) is 0 Å². The van der Waals surface area contributed by atoms with Crippen LogP contribution in [0.2, 0.25) is 0 Å². The predicted molar refractivity (Wildman–Crippen MR) is 86.7 cm³/mol. The first-order valence-electron chi connectivity index (χ1n) is 6.60. The minimum absolute atomic E-state index is 0.0942. The van der Waals surface area contributed by atoms with E-state index in [4.69, 9.17) is 0 Å². The SMILES string of the molecule is CN(C)S(=O)(=O)CCNCc1nc(-c2ccccc2)cs1. The number of hydrogen-bond donors (Lipinski definition) is 1. The van der Waals surface area contributed by atoms with Gasteiger partial charge in [-0.15, -0.1) is 11.3 Å². The van der Waals surface area contributed by atoms with Crippen LogP contribution < -0.4 is 5.32 Å². The topological polar surface area (TPSA) is 62.3 Å². The molecule has 0 saturated carbocycles. The Morgan fingerprint density at radius 1 is 1.24 bits per heavy atom. The quantitative estimate of drug-likeness (QED) is 0.789. The average Bonchev–Trinajstić information content (AvgIpc) is 2.93. The van der Waals surface area contributed by atoms with Crippen LogP contribution in [0.4, 0.5) is 0 Å². The van der Waals surface area contributed by atoms with Crippen LogP contribution in [0.15, 0.2) is 35.7 Å². The van der Waals surface area contributed by atoms with Gasteiger partial charge < -0.3 is 5.32 Å². The van der Waals surface area contributed by atoms with Crippen molar-refractivity contribution in [1.29, 1.82) is 0 Å². The molecule has 0 spiro atoms. The van der Waals surface area contributed by atoms with Crippen molar-refractivity contribution in [3.63, 3.8) is 0 Å². The molecule has 7 heteroatoms. The van der Waals surface area contributed by atoms with Crippen molar-refractivity contribution < 1.29 is 8.42 Å². The number of rotatable bonds is 7. The number of nitrogens with zero attached hydrogens (tertiary/aromatic N) is 2. The van der Waals surface area contributed by atoms with Crippen molar-refractivity contribution in [3.8, 4) is 11.3 Å². The van der Waals surface area contributed by atoms with Crippen LogP contribution >= 0.6 is 11.3 Å². The average molecular weight is 325 g/mol. The van der Waals surface area contributed by atoms with E-state index in [0.717, 1.165) is 16.3 Å². The Kier molecular flexibility index (Phi) is 5.46. The third kappa shape index (κ3) is 4.60. The summed E-state index contributed by atoms with van der Waals surface area (Å²) in [6.45, 7) is 1.00. The van der Waals surface area contributed by atoms with Gasteiger partial charge in [-0.3, -0.25) is 0 Å². The summed E-state index contributed by atoms with van der Waals surface area (Å²) < 4.78 is 24.4. The Balaban J connectivity index is 1.84. The monoisotopic (exact) mass is 325 g/mol. The van der Waals surface area contributed by atoms with Gasteiger partial charge >= 0.3 is 0 Å². The Hall–Kier alpha value is -1.28. The molecule has 0 radical (unpaired) electrons. The highest BCUT2D eigenvalue weighted by Gasteiger charge is 2.12. The Labute approximate surface area is 129 Å². The summed E-state index contributed by atoms with van der Waals surface area (Å²) in [6, 6.07) is 9.99. The second kappa shape index (κ2) is 7.13. The fraction of sp³-hybridized carbons (Fsp3) is 0.357. The van der Waals surface area contributed by atoms with Gasteiger partial charge in [0.05, 0.1) is 11.4 Å². The summed E-state index contributed by atoms with van der Waals surface area (Å²) in [7, 11) is -0.0487. The fourth-order valence-electron chi connectivity index (χ4n) is 1.71. The first-order chi connectivity index (χ1) is 9.99. The van der Waals surface area contributed by atoms with Gasteiger partial charge in [0.2, 0.25) is 10.0 Å². The second-order valence-electron chi connectivity index (χ2n) is 4.77. The third-order valence-electron chi connectivity index (χ3n) is 2.99. The van der Waals surface area contributed by atoms with Crippen molar-refractivity contribution in [2.75, 3.05) is 26.4 Å². The van der Waals surface area contributed by atoms with Crippen molar-refractivity contribution in [2.45, 2.75) is 6.54 Å². The molecule has 0 amide bonds. The number of nitrogens with one attached hydrogen (secondary N) is 1. The van der Waals surface area contributed by atoms with Crippen LogP contribution in [0.5, 0.6) is 0 Å². The zero-order valence-corrected chi connectivity index (χ0v) is 13.7. The van der Waals surface area contributed by atoms with E-state index < -0.39 is 10.0 Å². The minimum Gasteiger partial charge on any atom is -0.309 e. The lowest BCUT2D eigenvalue weighted by Crippen LogP contribution is -2.30. The summed E-state index contributed by atoms with van der Waals surface area (Å²) in [5.74, 6) is 0.0942. The molecule has 5 nitrogen and oxygen atoms in total. The molecule has 0 aliphatic carbocycles. The Morgan fingerprint density at radius 3 is 2.62 bits per heavy atom. The van der Waals surface area contributed by atoms with Gasteiger partial charge in [-0.05, 0) is 0 Å². The van der Waals surface area contributed by atoms with E-state index >= 15 is 0 Å². The maximum absolute atomic E-state index is 11.6. The molecule has 0 aliphatic heterocycles. The number of hydrogen-bond acceptors (Lipinski definition) is 5. The maximum Gasteiger partial charge on any atom is 0.214 e. The molecule has 0 fully saturated rings. The molecule has 114 valence electrons. The fourth-order valence-corrected chi connectivity index (χ4v) is 3.25. The lowest BCUT2D eigenvalue weighted by atomic mass is 10.2. The molecule has 1 aromatic heterocycles. The van der Waals surface area contributed by atoms with Gasteiger partial charge in [-0.2, -0.15) is 0 Å². The molecule has 2 rings (SSSR count). The maximum atomic E-state index is 11.6.